The zero-order valence-electron chi connectivity index (χ0n) is 12.8. The normalized spacial score (nSPS) is 14.9. The summed E-state index contributed by atoms with van der Waals surface area (Å²) in [5.41, 5.74) is -0.360. The summed E-state index contributed by atoms with van der Waals surface area (Å²) in [4.78, 5) is 36.7. The molecule has 130 valence electrons. The highest BCUT2D eigenvalue weighted by molar-refractivity contribution is 6.32. The summed E-state index contributed by atoms with van der Waals surface area (Å²) in [5.74, 6) is -0.977. The zero-order chi connectivity index (χ0) is 18.8. The molecule has 0 fully saturated rings. The fraction of sp³-hybridized carbons (Fsp3) is 0. The largest absolute Gasteiger partial charge is 0.402 e. The number of cyclic esters (lactones) is 1. The van der Waals surface area contributed by atoms with Crippen LogP contribution in [0.25, 0.3) is 6.08 Å². The van der Waals surface area contributed by atoms with Crippen LogP contribution >= 0.6 is 11.6 Å². The van der Waals surface area contributed by atoms with Crippen molar-refractivity contribution in [2.45, 2.75) is 0 Å². The van der Waals surface area contributed by atoms with Crippen LogP contribution in [0.3, 0.4) is 0 Å². The van der Waals surface area contributed by atoms with Crippen LogP contribution in [0.1, 0.15) is 11.1 Å². The standard InChI is InChI=1S/C16H8ClN3O6/c17-11-6-5-10(8-14(11)20(24)25)15-18-12(16(21)26-15)7-9-3-1-2-4-13(9)19(22)23/h1-8H/b12-7-. The lowest BCUT2D eigenvalue weighted by atomic mass is 10.1. The Morgan fingerprint density at radius 3 is 2.42 bits per heavy atom. The van der Waals surface area contributed by atoms with Crippen molar-refractivity contribution in [2.75, 3.05) is 0 Å². The van der Waals surface area contributed by atoms with Gasteiger partial charge >= 0.3 is 5.97 Å². The molecule has 9 nitrogen and oxygen atoms in total. The number of halogens is 1. The maximum atomic E-state index is 12.0. The molecular formula is C16H8ClN3O6. The second-order valence-corrected chi connectivity index (χ2v) is 5.48. The zero-order valence-corrected chi connectivity index (χ0v) is 13.5. The predicted octanol–water partition coefficient (Wildman–Crippen LogP) is 3.50. The average molecular weight is 374 g/mol. The first kappa shape index (κ1) is 17.2. The number of nitro benzene ring substituents is 2. The Morgan fingerprint density at radius 1 is 1.04 bits per heavy atom. The number of carbonyl (C=O) groups excluding carboxylic acids is 1. The molecular weight excluding hydrogens is 366 g/mol. The minimum Gasteiger partial charge on any atom is -0.402 e. The Kier molecular flexibility index (Phi) is 4.46. The molecule has 2 aromatic rings. The SMILES string of the molecule is O=C1OC(c2ccc(Cl)c([N+](=O)[O-])c2)=N/C1=C\c1ccccc1[N+](=O)[O-]. The number of hydrogen-bond acceptors (Lipinski definition) is 7. The van der Waals surface area contributed by atoms with Crippen LogP contribution in [-0.4, -0.2) is 21.7 Å². The highest BCUT2D eigenvalue weighted by Gasteiger charge is 2.27. The lowest BCUT2D eigenvalue weighted by Crippen LogP contribution is -2.06. The summed E-state index contributed by atoms with van der Waals surface area (Å²) in [5, 5.41) is 21.9. The van der Waals surface area contributed by atoms with E-state index in [4.69, 9.17) is 16.3 Å². The van der Waals surface area contributed by atoms with Crippen LogP contribution in [0.5, 0.6) is 0 Å². The average Bonchev–Trinajstić information content (AvgIpc) is 2.96. The predicted molar refractivity (Wildman–Crippen MR) is 91.8 cm³/mol. The van der Waals surface area contributed by atoms with Gasteiger partial charge in [-0.2, -0.15) is 0 Å². The van der Waals surface area contributed by atoms with Crippen LogP contribution in [0, 0.1) is 20.2 Å². The van der Waals surface area contributed by atoms with Crippen molar-refractivity contribution < 1.29 is 19.4 Å². The molecule has 0 aromatic heterocycles. The molecule has 2 aromatic carbocycles. The smallest absolute Gasteiger partial charge is 0.363 e. The maximum Gasteiger partial charge on any atom is 0.363 e. The molecule has 1 aliphatic heterocycles. The highest BCUT2D eigenvalue weighted by atomic mass is 35.5. The number of esters is 1. The molecule has 1 heterocycles. The number of ether oxygens (including phenoxy) is 1. The topological polar surface area (TPSA) is 125 Å². The number of para-hydroxylation sites is 1. The molecule has 0 saturated heterocycles. The van der Waals surface area contributed by atoms with E-state index in [2.05, 4.69) is 4.99 Å². The van der Waals surface area contributed by atoms with Gasteiger partial charge in [0.05, 0.1) is 15.4 Å². The minimum atomic E-state index is -0.823. The van der Waals surface area contributed by atoms with Crippen LogP contribution in [0.4, 0.5) is 11.4 Å². The van der Waals surface area contributed by atoms with E-state index in [-0.39, 0.29) is 39.1 Å². The molecule has 3 rings (SSSR count). The summed E-state index contributed by atoms with van der Waals surface area (Å²) in [6.45, 7) is 0. The lowest BCUT2D eigenvalue weighted by Gasteiger charge is -2.00. The summed E-state index contributed by atoms with van der Waals surface area (Å²) < 4.78 is 5.01. The molecule has 0 spiro atoms. The van der Waals surface area contributed by atoms with Crippen molar-refractivity contribution in [1.29, 1.82) is 0 Å². The number of nitro groups is 2. The van der Waals surface area contributed by atoms with Gasteiger partial charge in [0.25, 0.3) is 11.4 Å². The first-order chi connectivity index (χ1) is 12.4. The third kappa shape index (κ3) is 3.28. The monoisotopic (exact) mass is 373 g/mol. The fourth-order valence-corrected chi connectivity index (χ4v) is 2.43. The van der Waals surface area contributed by atoms with E-state index in [9.17, 15) is 25.0 Å². The second-order valence-electron chi connectivity index (χ2n) is 5.08. The molecule has 10 heteroatoms. The molecule has 0 unspecified atom stereocenters. The molecule has 0 N–H and O–H groups in total. The van der Waals surface area contributed by atoms with Crippen LogP contribution in [0.15, 0.2) is 53.2 Å². The Morgan fingerprint density at radius 2 is 1.73 bits per heavy atom. The van der Waals surface area contributed by atoms with E-state index >= 15 is 0 Å². The van der Waals surface area contributed by atoms with Crippen LogP contribution in [0.2, 0.25) is 5.02 Å². The maximum absolute atomic E-state index is 12.0. The molecule has 0 radical (unpaired) electrons. The first-order valence-corrected chi connectivity index (χ1v) is 7.45. The van der Waals surface area contributed by atoms with Crippen molar-refractivity contribution in [3.63, 3.8) is 0 Å². The number of benzene rings is 2. The fourth-order valence-electron chi connectivity index (χ4n) is 2.24. The van der Waals surface area contributed by atoms with E-state index in [1.165, 1.54) is 36.4 Å². The second kappa shape index (κ2) is 6.73. The van der Waals surface area contributed by atoms with E-state index in [1.807, 2.05) is 0 Å². The van der Waals surface area contributed by atoms with Gasteiger partial charge in [0.2, 0.25) is 5.90 Å². The number of aliphatic imine (C=N–C) groups is 1. The van der Waals surface area contributed by atoms with Crippen LogP contribution in [-0.2, 0) is 9.53 Å². The Balaban J connectivity index is 2.02. The van der Waals surface area contributed by atoms with Gasteiger partial charge in [-0.05, 0) is 24.3 Å². The van der Waals surface area contributed by atoms with Crippen molar-refractivity contribution in [1.82, 2.24) is 0 Å². The summed E-state index contributed by atoms with van der Waals surface area (Å²) in [6.07, 6.45) is 1.22. The third-order valence-electron chi connectivity index (χ3n) is 3.44. The Hall–Kier alpha value is -3.59. The summed E-state index contributed by atoms with van der Waals surface area (Å²) in [6, 6.07) is 9.65. The van der Waals surface area contributed by atoms with E-state index in [0.29, 0.717) is 0 Å². The molecule has 1 aliphatic rings. The van der Waals surface area contributed by atoms with Gasteiger partial charge in [-0.3, -0.25) is 20.2 Å². The summed E-state index contributed by atoms with van der Waals surface area (Å²) in [7, 11) is 0. The van der Waals surface area contributed by atoms with Crippen molar-refractivity contribution in [2.24, 2.45) is 4.99 Å². The van der Waals surface area contributed by atoms with Crippen molar-refractivity contribution in [3.8, 4) is 0 Å². The number of hydrogen-bond donors (Lipinski definition) is 0. The van der Waals surface area contributed by atoms with Gasteiger partial charge in [-0.1, -0.05) is 23.7 Å². The lowest BCUT2D eigenvalue weighted by molar-refractivity contribution is -0.385. The van der Waals surface area contributed by atoms with E-state index in [1.54, 1.807) is 6.07 Å². The van der Waals surface area contributed by atoms with Crippen LogP contribution < -0.4 is 0 Å². The molecule has 0 atom stereocenters. The highest BCUT2D eigenvalue weighted by Crippen LogP contribution is 2.28. The molecule has 0 amide bonds. The van der Waals surface area contributed by atoms with Gasteiger partial charge in [-0.15, -0.1) is 0 Å². The van der Waals surface area contributed by atoms with Gasteiger partial charge in [0, 0.05) is 17.7 Å². The number of carbonyl (C=O) groups is 1. The van der Waals surface area contributed by atoms with E-state index in [0.717, 1.165) is 6.07 Å². The third-order valence-corrected chi connectivity index (χ3v) is 3.76. The molecule has 0 saturated carbocycles. The Bertz CT molecular complexity index is 1010. The quantitative estimate of drug-likeness (QED) is 0.349. The van der Waals surface area contributed by atoms with Gasteiger partial charge < -0.3 is 4.74 Å². The molecule has 26 heavy (non-hydrogen) atoms. The molecule has 0 bridgehead atoms. The van der Waals surface area contributed by atoms with Gasteiger partial charge in [-0.25, -0.2) is 9.79 Å². The summed E-state index contributed by atoms with van der Waals surface area (Å²) >= 11 is 5.75. The van der Waals surface area contributed by atoms with Crippen molar-refractivity contribution in [3.05, 3.63) is 84.5 Å². The Labute approximate surface area is 150 Å². The molecule has 0 aliphatic carbocycles. The van der Waals surface area contributed by atoms with Crippen molar-refractivity contribution >= 4 is 40.9 Å². The van der Waals surface area contributed by atoms with Gasteiger partial charge in [0.1, 0.15) is 5.02 Å². The minimum absolute atomic E-state index is 0.0700. The van der Waals surface area contributed by atoms with E-state index < -0.39 is 15.8 Å². The van der Waals surface area contributed by atoms with Gasteiger partial charge in [0.15, 0.2) is 5.70 Å². The first-order valence-electron chi connectivity index (χ1n) is 7.07. The number of nitrogens with zero attached hydrogens (tertiary/aromatic N) is 3. The number of rotatable bonds is 4.